The van der Waals surface area contributed by atoms with Crippen molar-refractivity contribution in [3.05, 3.63) is 67.3 Å². The fourth-order valence-electron chi connectivity index (χ4n) is 7.65. The lowest BCUT2D eigenvalue weighted by atomic mass is 10.1. The molecule has 2 aromatic carbocycles. The number of rotatable bonds is 15. The second-order valence-corrected chi connectivity index (χ2v) is 18.9. The predicted molar refractivity (Wildman–Crippen MR) is 224 cm³/mol. The Morgan fingerprint density at radius 2 is 1.82 bits per heavy atom. The molecular weight excluding hydrogens is 807 g/mol. The lowest BCUT2D eigenvalue weighted by Gasteiger charge is -2.33. The quantitative estimate of drug-likeness (QED) is 0.161. The van der Waals surface area contributed by atoms with Crippen LogP contribution in [-0.2, 0) is 33.9 Å². The second-order valence-electron chi connectivity index (χ2n) is 16.9. The van der Waals surface area contributed by atoms with Crippen molar-refractivity contribution in [2.45, 2.75) is 100 Å². The van der Waals surface area contributed by atoms with Crippen molar-refractivity contribution in [2.75, 3.05) is 20.2 Å². The summed E-state index contributed by atoms with van der Waals surface area (Å²) in [5.41, 5.74) is -0.599. The van der Waals surface area contributed by atoms with Gasteiger partial charge in [-0.3, -0.25) is 29.3 Å². The number of fused-ring (bicyclic) bond motifs is 1. The number of hydrogen-bond acceptors (Lipinski definition) is 12. The van der Waals surface area contributed by atoms with E-state index < -0.39 is 80.2 Å². The first-order valence-corrected chi connectivity index (χ1v) is 21.8. The predicted octanol–water partition coefficient (Wildman–Crippen LogP) is 3.81. The summed E-state index contributed by atoms with van der Waals surface area (Å²) in [6.45, 7) is 8.96. The number of hydrogen-bond donors (Lipinski definition) is 4. The number of aromatic nitrogens is 1. The van der Waals surface area contributed by atoms with Gasteiger partial charge in [0, 0.05) is 54.8 Å². The van der Waals surface area contributed by atoms with Crippen LogP contribution in [0.5, 0.6) is 11.5 Å². The molecule has 3 heterocycles. The summed E-state index contributed by atoms with van der Waals surface area (Å²) < 4.78 is 45.4. The third-order valence-corrected chi connectivity index (χ3v) is 13.1. The van der Waals surface area contributed by atoms with Crippen molar-refractivity contribution < 1.29 is 46.6 Å². The normalized spacial score (nSPS) is 22.7. The minimum Gasteiger partial charge on any atom is -0.497 e. The van der Waals surface area contributed by atoms with Gasteiger partial charge in [-0.15, -0.1) is 6.58 Å². The van der Waals surface area contributed by atoms with Crippen molar-refractivity contribution in [1.82, 2.24) is 30.1 Å². The van der Waals surface area contributed by atoms with Gasteiger partial charge in [0.05, 0.1) is 30.1 Å². The molecule has 61 heavy (non-hydrogen) atoms. The molecule has 0 bridgehead atoms. The summed E-state index contributed by atoms with van der Waals surface area (Å²) >= 11 is 0. The summed E-state index contributed by atoms with van der Waals surface area (Å²) in [7, 11) is -2.42. The monoisotopic (exact) mass is 857 g/mol. The van der Waals surface area contributed by atoms with E-state index in [0.717, 1.165) is 5.56 Å². The molecule has 5 unspecified atom stereocenters. The average molecular weight is 858 g/mol. The van der Waals surface area contributed by atoms with Crippen LogP contribution in [-0.4, -0.2) is 114 Å². The zero-order valence-electron chi connectivity index (χ0n) is 34.6. The Morgan fingerprint density at radius 3 is 2.43 bits per heavy atom. The number of pyridine rings is 1. The molecule has 3 aromatic rings. The van der Waals surface area contributed by atoms with Crippen LogP contribution in [0, 0.1) is 11.3 Å². The van der Waals surface area contributed by atoms with Crippen LogP contribution in [0.3, 0.4) is 0 Å². The number of ether oxygens (including phenoxy) is 3. The lowest BCUT2D eigenvalue weighted by molar-refractivity contribution is -0.141. The van der Waals surface area contributed by atoms with Gasteiger partial charge in [-0.2, -0.15) is 0 Å². The zero-order chi connectivity index (χ0) is 43.9. The van der Waals surface area contributed by atoms with E-state index in [0.29, 0.717) is 53.9 Å². The summed E-state index contributed by atoms with van der Waals surface area (Å²) in [5.74, 6) is -2.22. The van der Waals surface area contributed by atoms with E-state index in [9.17, 15) is 32.4 Å². The molecule has 5 atom stereocenters. The number of likely N-dealkylation sites (tertiary alicyclic amines) is 2. The Balaban J connectivity index is 1.21. The molecule has 4 N–H and O–H groups in total. The fourth-order valence-corrected chi connectivity index (χ4v) is 9.02. The fraction of sp³-hybridized carbons (Fsp3) is 0.465. The molecule has 4 aliphatic rings. The number of sulfonamides is 1. The van der Waals surface area contributed by atoms with Gasteiger partial charge in [-0.05, 0) is 58.6 Å². The molecule has 2 aliphatic carbocycles. The molecule has 324 valence electrons. The Bertz CT molecular complexity index is 2380. The van der Waals surface area contributed by atoms with Gasteiger partial charge < -0.3 is 34.6 Å². The second kappa shape index (κ2) is 16.8. The van der Waals surface area contributed by atoms with Gasteiger partial charge in [0.25, 0.3) is 5.91 Å². The number of amides is 5. The SMILES string of the molecule is C=CC1CC1(NC(=O)C1CC(Oc2cc(-c3ccccc3)nc3cc(OC)ccc23)CN1C(=O)C(CCC(=O)N1CCC1=N)NC(=O)OC(C)(C)C)C(=O)NS(=O)(=O)C1CC1. The number of alkyl carbamates (subject to hydrolysis) is 1. The molecule has 17 nitrogen and oxygen atoms in total. The third-order valence-electron chi connectivity index (χ3n) is 11.3. The average Bonchev–Trinajstić information content (AvgIpc) is 4.14. The minimum absolute atomic E-state index is 0.0714. The number of nitrogens with zero attached hydrogens (tertiary/aromatic N) is 3. The highest BCUT2D eigenvalue weighted by atomic mass is 32.2. The summed E-state index contributed by atoms with van der Waals surface area (Å²) in [5, 5.41) is 13.3. The molecule has 7 rings (SSSR count). The maximum absolute atomic E-state index is 14.8. The van der Waals surface area contributed by atoms with Crippen LogP contribution in [0.4, 0.5) is 4.79 Å². The number of carbonyl (C=O) groups is 5. The highest BCUT2D eigenvalue weighted by Gasteiger charge is 2.62. The van der Waals surface area contributed by atoms with Crippen LogP contribution in [0.25, 0.3) is 22.2 Å². The molecule has 2 aliphatic heterocycles. The number of nitrogens with one attached hydrogen (secondary N) is 4. The molecule has 2 saturated carbocycles. The van der Waals surface area contributed by atoms with E-state index in [1.165, 1.54) is 15.9 Å². The Labute approximate surface area is 354 Å². The number of amidine groups is 1. The maximum atomic E-state index is 14.8. The summed E-state index contributed by atoms with van der Waals surface area (Å²) in [6.07, 6.45) is 0.643. The molecule has 1 aromatic heterocycles. The van der Waals surface area contributed by atoms with Gasteiger partial charge in [0.15, 0.2) is 0 Å². The minimum atomic E-state index is -3.97. The highest BCUT2D eigenvalue weighted by molar-refractivity contribution is 7.91. The van der Waals surface area contributed by atoms with Gasteiger partial charge in [0.1, 0.15) is 46.7 Å². The first kappa shape index (κ1) is 43.1. The van der Waals surface area contributed by atoms with Crippen LogP contribution in [0.2, 0.25) is 0 Å². The van der Waals surface area contributed by atoms with Crippen LogP contribution < -0.4 is 24.8 Å². The van der Waals surface area contributed by atoms with E-state index >= 15 is 0 Å². The molecule has 5 amide bonds. The maximum Gasteiger partial charge on any atom is 0.408 e. The van der Waals surface area contributed by atoms with E-state index in [4.69, 9.17) is 24.6 Å². The molecule has 4 fully saturated rings. The number of benzene rings is 2. The Hall–Kier alpha value is -6.04. The lowest BCUT2D eigenvalue weighted by Crippen LogP contribution is -2.58. The molecule has 0 radical (unpaired) electrons. The van der Waals surface area contributed by atoms with Gasteiger partial charge >= 0.3 is 6.09 Å². The van der Waals surface area contributed by atoms with Crippen LogP contribution in [0.15, 0.2) is 67.3 Å². The standard InChI is InChI=1S/C43H51N7O10S/c1-6-26-23-43(26,40(54)48-61(56,57)29-13-14-29)47-38(52)34-21-28(59-35-22-32(25-10-8-7-9-11-25)45-33-20-27(58-5)12-15-30(33)35)24-50(34)39(53)31(46-41(55)60-42(2,3)4)16-17-37(51)49-19-18-36(49)44/h6-12,15,20,22,26,28-29,31,34,44H,1,13-14,16-19,21,23-24H2,2-5H3,(H,46,55)(H,47,52)(H,48,54). The zero-order valence-corrected chi connectivity index (χ0v) is 35.4. The topological polar surface area (TPSA) is 226 Å². The van der Waals surface area contributed by atoms with E-state index in [1.54, 1.807) is 52.1 Å². The van der Waals surface area contributed by atoms with Crippen molar-refractivity contribution in [2.24, 2.45) is 5.92 Å². The van der Waals surface area contributed by atoms with Gasteiger partial charge in [-0.25, -0.2) is 18.2 Å². The molecule has 2 saturated heterocycles. The van der Waals surface area contributed by atoms with Gasteiger partial charge in [-0.1, -0.05) is 36.4 Å². The first-order chi connectivity index (χ1) is 28.9. The Morgan fingerprint density at radius 1 is 1.08 bits per heavy atom. The number of methoxy groups -OCH3 is 1. The molecule has 0 spiro atoms. The number of carbonyl (C=O) groups excluding carboxylic acids is 5. The summed E-state index contributed by atoms with van der Waals surface area (Å²) in [6, 6.07) is 13.9. The van der Waals surface area contributed by atoms with E-state index in [1.807, 2.05) is 30.3 Å². The van der Waals surface area contributed by atoms with Crippen molar-refractivity contribution >= 4 is 56.5 Å². The van der Waals surface area contributed by atoms with Gasteiger partial charge in [0.2, 0.25) is 27.7 Å². The van der Waals surface area contributed by atoms with Crippen molar-refractivity contribution in [3.8, 4) is 22.8 Å². The van der Waals surface area contributed by atoms with Crippen molar-refractivity contribution in [1.29, 1.82) is 5.41 Å². The van der Waals surface area contributed by atoms with Crippen LogP contribution >= 0.6 is 0 Å². The summed E-state index contributed by atoms with van der Waals surface area (Å²) in [4.78, 5) is 76.6. The highest BCUT2D eigenvalue weighted by Crippen LogP contribution is 2.46. The van der Waals surface area contributed by atoms with Crippen molar-refractivity contribution in [3.63, 3.8) is 0 Å². The van der Waals surface area contributed by atoms with Crippen LogP contribution in [0.1, 0.15) is 65.7 Å². The smallest absolute Gasteiger partial charge is 0.408 e. The first-order valence-electron chi connectivity index (χ1n) is 20.3. The largest absolute Gasteiger partial charge is 0.497 e. The van der Waals surface area contributed by atoms with E-state index in [-0.39, 0.29) is 38.1 Å². The molecule has 18 heteroatoms. The molecular formula is C43H51N7O10S. The third kappa shape index (κ3) is 9.48. The van der Waals surface area contributed by atoms with E-state index in [2.05, 4.69) is 21.9 Å². The Kier molecular flexibility index (Phi) is 11.8.